The first kappa shape index (κ1) is 14.8. The molecule has 0 atom stereocenters. The number of nitrogens with one attached hydrogen (secondary N) is 1. The average Bonchev–Trinajstić information content (AvgIpc) is 2.62. The minimum atomic E-state index is -0.389. The first-order valence-corrected chi connectivity index (χ1v) is 7.08. The van der Waals surface area contributed by atoms with Gasteiger partial charge in [-0.25, -0.2) is 9.37 Å². The van der Waals surface area contributed by atoms with Gasteiger partial charge in [0.1, 0.15) is 5.82 Å². The standard InChI is InChI=1S/C13H16BrFN4O/c1-7(2)17-12(20)3-4-19-11-5-8(14)9(15)6-10(11)18-13(19)16/h5-7H,3-4H2,1-2H3,(H2,16,18)(H,17,20). The van der Waals surface area contributed by atoms with Gasteiger partial charge in [-0.1, -0.05) is 0 Å². The molecule has 5 nitrogen and oxygen atoms in total. The molecule has 0 saturated carbocycles. The van der Waals surface area contributed by atoms with E-state index in [0.29, 0.717) is 28.5 Å². The van der Waals surface area contributed by atoms with Crippen LogP contribution in [-0.4, -0.2) is 21.5 Å². The van der Waals surface area contributed by atoms with E-state index in [-0.39, 0.29) is 23.7 Å². The zero-order valence-corrected chi connectivity index (χ0v) is 12.9. The van der Waals surface area contributed by atoms with Crippen molar-refractivity contribution in [2.24, 2.45) is 0 Å². The van der Waals surface area contributed by atoms with Gasteiger partial charge in [0, 0.05) is 25.1 Å². The van der Waals surface area contributed by atoms with Crippen molar-refractivity contribution in [1.82, 2.24) is 14.9 Å². The monoisotopic (exact) mass is 342 g/mol. The predicted octanol–water partition coefficient (Wildman–Crippen LogP) is 2.43. The predicted molar refractivity (Wildman–Crippen MR) is 79.7 cm³/mol. The molecule has 0 bridgehead atoms. The molecule has 0 aliphatic rings. The number of hydrogen-bond acceptors (Lipinski definition) is 3. The highest BCUT2D eigenvalue weighted by atomic mass is 79.9. The minimum Gasteiger partial charge on any atom is -0.369 e. The number of nitrogens with two attached hydrogens (primary N) is 1. The summed E-state index contributed by atoms with van der Waals surface area (Å²) in [7, 11) is 0. The molecule has 0 aliphatic carbocycles. The van der Waals surface area contributed by atoms with Gasteiger partial charge in [0.2, 0.25) is 11.9 Å². The van der Waals surface area contributed by atoms with Crippen LogP contribution in [0, 0.1) is 5.82 Å². The number of nitrogens with zero attached hydrogens (tertiary/aromatic N) is 2. The van der Waals surface area contributed by atoms with Crippen LogP contribution in [0.5, 0.6) is 0 Å². The van der Waals surface area contributed by atoms with Crippen molar-refractivity contribution in [2.75, 3.05) is 5.73 Å². The Morgan fingerprint density at radius 2 is 2.25 bits per heavy atom. The van der Waals surface area contributed by atoms with Gasteiger partial charge in [-0.05, 0) is 35.8 Å². The maximum absolute atomic E-state index is 13.4. The van der Waals surface area contributed by atoms with Gasteiger partial charge in [0.15, 0.2) is 0 Å². The van der Waals surface area contributed by atoms with Crippen LogP contribution >= 0.6 is 15.9 Å². The van der Waals surface area contributed by atoms with Crippen LogP contribution < -0.4 is 11.1 Å². The van der Waals surface area contributed by atoms with Crippen molar-refractivity contribution in [1.29, 1.82) is 0 Å². The SMILES string of the molecule is CC(C)NC(=O)CCn1c(N)nc2cc(F)c(Br)cc21. The average molecular weight is 343 g/mol. The number of aryl methyl sites for hydroxylation is 1. The molecule has 1 aromatic heterocycles. The highest BCUT2D eigenvalue weighted by molar-refractivity contribution is 9.10. The maximum atomic E-state index is 13.4. The molecular formula is C13H16BrFN4O. The number of carbonyl (C=O) groups excluding carboxylic acids is 1. The van der Waals surface area contributed by atoms with Crippen LogP contribution in [0.4, 0.5) is 10.3 Å². The number of benzene rings is 1. The second kappa shape index (κ2) is 5.78. The number of amides is 1. The Morgan fingerprint density at radius 1 is 1.55 bits per heavy atom. The van der Waals surface area contributed by atoms with Crippen LogP contribution in [0.15, 0.2) is 16.6 Å². The molecule has 0 aliphatic heterocycles. The number of fused-ring (bicyclic) bond motifs is 1. The fourth-order valence-electron chi connectivity index (χ4n) is 1.98. The van der Waals surface area contributed by atoms with E-state index < -0.39 is 0 Å². The second-order valence-corrected chi connectivity index (χ2v) is 5.70. The summed E-state index contributed by atoms with van der Waals surface area (Å²) < 4.78 is 15.5. The van der Waals surface area contributed by atoms with Crippen molar-refractivity contribution < 1.29 is 9.18 Å². The Morgan fingerprint density at radius 3 is 2.90 bits per heavy atom. The Bertz CT molecular complexity index is 653. The molecule has 20 heavy (non-hydrogen) atoms. The van der Waals surface area contributed by atoms with E-state index in [0.717, 1.165) is 0 Å². The fourth-order valence-corrected chi connectivity index (χ4v) is 2.31. The van der Waals surface area contributed by atoms with Crippen LogP contribution in [0.1, 0.15) is 20.3 Å². The van der Waals surface area contributed by atoms with Gasteiger partial charge in [0.25, 0.3) is 0 Å². The van der Waals surface area contributed by atoms with E-state index in [9.17, 15) is 9.18 Å². The zero-order chi connectivity index (χ0) is 14.9. The van der Waals surface area contributed by atoms with Gasteiger partial charge in [-0.2, -0.15) is 0 Å². The van der Waals surface area contributed by atoms with Gasteiger partial charge >= 0.3 is 0 Å². The lowest BCUT2D eigenvalue weighted by atomic mass is 10.3. The van der Waals surface area contributed by atoms with Crippen LogP contribution in [0.25, 0.3) is 11.0 Å². The molecule has 3 N–H and O–H groups in total. The van der Waals surface area contributed by atoms with E-state index >= 15 is 0 Å². The zero-order valence-electron chi connectivity index (χ0n) is 11.3. The summed E-state index contributed by atoms with van der Waals surface area (Å²) in [4.78, 5) is 15.8. The highest BCUT2D eigenvalue weighted by Gasteiger charge is 2.13. The summed E-state index contributed by atoms with van der Waals surface area (Å²) in [6.45, 7) is 4.20. The molecular weight excluding hydrogens is 327 g/mol. The number of imidazole rings is 1. The van der Waals surface area contributed by atoms with Gasteiger partial charge in [0.05, 0.1) is 15.5 Å². The number of hydrogen-bond donors (Lipinski definition) is 2. The number of aromatic nitrogens is 2. The molecule has 2 aromatic rings. The number of nitrogen functional groups attached to an aromatic ring is 1. The van der Waals surface area contributed by atoms with Gasteiger partial charge < -0.3 is 15.6 Å². The normalized spacial score (nSPS) is 11.2. The molecule has 0 fully saturated rings. The number of rotatable bonds is 4. The van der Waals surface area contributed by atoms with E-state index in [2.05, 4.69) is 26.2 Å². The molecule has 108 valence electrons. The maximum Gasteiger partial charge on any atom is 0.221 e. The van der Waals surface area contributed by atoms with Crippen LogP contribution in [-0.2, 0) is 11.3 Å². The molecule has 1 aromatic carbocycles. The summed E-state index contributed by atoms with van der Waals surface area (Å²) in [5.41, 5.74) is 7.00. The Labute approximate surface area is 124 Å². The number of carbonyl (C=O) groups is 1. The van der Waals surface area contributed by atoms with E-state index in [1.165, 1.54) is 6.07 Å². The third kappa shape index (κ3) is 3.09. The van der Waals surface area contributed by atoms with Crippen LogP contribution in [0.3, 0.4) is 0 Å². The van der Waals surface area contributed by atoms with E-state index in [4.69, 9.17) is 5.73 Å². The Kier molecular flexibility index (Phi) is 4.27. The van der Waals surface area contributed by atoms with E-state index in [1.807, 2.05) is 13.8 Å². The molecule has 0 radical (unpaired) electrons. The lowest BCUT2D eigenvalue weighted by Crippen LogP contribution is -2.30. The third-order valence-electron chi connectivity index (χ3n) is 2.83. The van der Waals surface area contributed by atoms with Gasteiger partial charge in [-0.15, -0.1) is 0 Å². The summed E-state index contributed by atoms with van der Waals surface area (Å²) in [5, 5.41) is 2.81. The molecule has 7 heteroatoms. The molecule has 1 heterocycles. The topological polar surface area (TPSA) is 72.9 Å². The molecule has 1 amide bonds. The van der Waals surface area contributed by atoms with Crippen molar-refractivity contribution in [3.8, 4) is 0 Å². The molecule has 0 saturated heterocycles. The summed E-state index contributed by atoms with van der Waals surface area (Å²) in [6.07, 6.45) is 0.294. The smallest absolute Gasteiger partial charge is 0.221 e. The number of anilines is 1. The summed E-state index contributed by atoms with van der Waals surface area (Å²) in [6, 6.07) is 3.04. The summed E-state index contributed by atoms with van der Waals surface area (Å²) in [5.74, 6) is -0.169. The second-order valence-electron chi connectivity index (χ2n) is 4.85. The lowest BCUT2D eigenvalue weighted by Gasteiger charge is -2.10. The van der Waals surface area contributed by atoms with Gasteiger partial charge in [-0.3, -0.25) is 4.79 Å². The quantitative estimate of drug-likeness (QED) is 0.896. The van der Waals surface area contributed by atoms with Crippen molar-refractivity contribution in [3.05, 3.63) is 22.4 Å². The van der Waals surface area contributed by atoms with Crippen LogP contribution in [0.2, 0.25) is 0 Å². The Hall–Kier alpha value is -1.63. The van der Waals surface area contributed by atoms with E-state index in [1.54, 1.807) is 10.6 Å². The minimum absolute atomic E-state index is 0.0533. The first-order valence-electron chi connectivity index (χ1n) is 6.28. The fraction of sp³-hybridized carbons (Fsp3) is 0.385. The van der Waals surface area contributed by atoms with Crippen molar-refractivity contribution in [3.63, 3.8) is 0 Å². The largest absolute Gasteiger partial charge is 0.369 e. The molecule has 2 rings (SSSR count). The van der Waals surface area contributed by atoms with Crippen molar-refractivity contribution >= 4 is 38.8 Å². The van der Waals surface area contributed by atoms with Crippen molar-refractivity contribution in [2.45, 2.75) is 32.9 Å². The lowest BCUT2D eigenvalue weighted by molar-refractivity contribution is -0.121. The molecule has 0 spiro atoms. The highest BCUT2D eigenvalue weighted by Crippen LogP contribution is 2.25. The first-order chi connectivity index (χ1) is 9.38. The summed E-state index contributed by atoms with van der Waals surface area (Å²) >= 11 is 3.14. The Balaban J connectivity index is 2.23. The molecule has 0 unspecified atom stereocenters. The third-order valence-corrected chi connectivity index (χ3v) is 3.44. The number of halogens is 2.